The number of hydrogen-bond acceptors (Lipinski definition) is 2. The molecule has 0 spiro atoms. The van der Waals surface area contributed by atoms with Crippen molar-refractivity contribution in [2.75, 3.05) is 12.4 Å². The second kappa shape index (κ2) is 6.41. The lowest BCUT2D eigenvalue weighted by Crippen LogP contribution is -2.48. The number of nitrogens with one attached hydrogen (secondary N) is 1. The Kier molecular flexibility index (Phi) is 4.86. The van der Waals surface area contributed by atoms with Gasteiger partial charge in [0.05, 0.1) is 6.33 Å². The van der Waals surface area contributed by atoms with Crippen LogP contribution in [0.25, 0.3) is 0 Å². The van der Waals surface area contributed by atoms with E-state index in [1.807, 2.05) is 18.7 Å². The lowest BCUT2D eigenvalue weighted by Gasteiger charge is -2.36. The van der Waals surface area contributed by atoms with Gasteiger partial charge in [-0.15, -0.1) is 11.6 Å². The molecule has 1 aliphatic rings. The fourth-order valence-electron chi connectivity index (χ4n) is 2.62. The number of aryl methyl sites for hydroxylation is 1. The van der Waals surface area contributed by atoms with Crippen molar-refractivity contribution in [3.05, 3.63) is 18.7 Å². The molecule has 1 aromatic heterocycles. The standard InChI is InChI=1S/C13H22ClN3/c14-11-13(5-2-1-3-6-13)16-7-4-9-17-10-8-15-12-17/h8,10,12,16H,1-7,9,11H2. The zero-order valence-electron chi connectivity index (χ0n) is 10.4. The summed E-state index contributed by atoms with van der Waals surface area (Å²) in [4.78, 5) is 4.04. The van der Waals surface area contributed by atoms with E-state index in [0.717, 1.165) is 25.4 Å². The van der Waals surface area contributed by atoms with Gasteiger partial charge in [-0.25, -0.2) is 4.98 Å². The van der Waals surface area contributed by atoms with E-state index in [-0.39, 0.29) is 5.54 Å². The number of hydrogen-bond donors (Lipinski definition) is 1. The predicted octanol–water partition coefficient (Wildman–Crippen LogP) is 2.80. The number of imidazole rings is 1. The van der Waals surface area contributed by atoms with Gasteiger partial charge in [0, 0.05) is 30.4 Å². The first-order valence-electron chi connectivity index (χ1n) is 6.61. The number of rotatable bonds is 6. The molecule has 17 heavy (non-hydrogen) atoms. The number of nitrogens with zero attached hydrogens (tertiary/aromatic N) is 2. The van der Waals surface area contributed by atoms with Crippen LogP contribution in [0.5, 0.6) is 0 Å². The molecule has 0 bridgehead atoms. The minimum Gasteiger partial charge on any atom is -0.337 e. The first-order chi connectivity index (χ1) is 8.35. The molecule has 1 N–H and O–H groups in total. The molecule has 0 aromatic carbocycles. The van der Waals surface area contributed by atoms with Crippen molar-refractivity contribution in [1.82, 2.24) is 14.9 Å². The van der Waals surface area contributed by atoms with E-state index >= 15 is 0 Å². The van der Waals surface area contributed by atoms with Gasteiger partial charge in [0.2, 0.25) is 0 Å². The summed E-state index contributed by atoms with van der Waals surface area (Å²) < 4.78 is 2.12. The Labute approximate surface area is 109 Å². The lowest BCUT2D eigenvalue weighted by molar-refractivity contribution is 0.256. The Morgan fingerprint density at radius 3 is 2.76 bits per heavy atom. The van der Waals surface area contributed by atoms with Crippen molar-refractivity contribution in [2.24, 2.45) is 0 Å². The van der Waals surface area contributed by atoms with Crippen LogP contribution in [0, 0.1) is 0 Å². The molecule has 0 aliphatic heterocycles. The van der Waals surface area contributed by atoms with E-state index in [9.17, 15) is 0 Å². The molecular formula is C13H22ClN3. The van der Waals surface area contributed by atoms with Crippen molar-refractivity contribution in [2.45, 2.75) is 50.6 Å². The quantitative estimate of drug-likeness (QED) is 0.626. The molecule has 0 atom stereocenters. The third-order valence-corrected chi connectivity index (χ3v) is 4.23. The van der Waals surface area contributed by atoms with Gasteiger partial charge in [-0.1, -0.05) is 19.3 Å². The highest BCUT2D eigenvalue weighted by Gasteiger charge is 2.29. The van der Waals surface area contributed by atoms with Gasteiger partial charge in [0.1, 0.15) is 0 Å². The molecule has 1 aromatic rings. The first-order valence-corrected chi connectivity index (χ1v) is 7.15. The van der Waals surface area contributed by atoms with Gasteiger partial charge in [0.25, 0.3) is 0 Å². The smallest absolute Gasteiger partial charge is 0.0945 e. The highest BCUT2D eigenvalue weighted by Crippen LogP contribution is 2.29. The monoisotopic (exact) mass is 255 g/mol. The molecule has 1 saturated carbocycles. The Bertz CT molecular complexity index is 304. The molecule has 2 rings (SSSR count). The van der Waals surface area contributed by atoms with E-state index in [1.54, 1.807) is 0 Å². The van der Waals surface area contributed by atoms with Crippen LogP contribution in [0.15, 0.2) is 18.7 Å². The van der Waals surface area contributed by atoms with Gasteiger partial charge in [-0.2, -0.15) is 0 Å². The van der Waals surface area contributed by atoms with E-state index in [2.05, 4.69) is 14.9 Å². The normalized spacial score (nSPS) is 19.4. The Morgan fingerprint density at radius 2 is 2.12 bits per heavy atom. The van der Waals surface area contributed by atoms with E-state index in [1.165, 1.54) is 32.1 Å². The van der Waals surface area contributed by atoms with Crippen LogP contribution in [0.3, 0.4) is 0 Å². The third kappa shape index (κ3) is 3.71. The second-order valence-electron chi connectivity index (χ2n) is 5.06. The maximum absolute atomic E-state index is 6.14. The third-order valence-electron chi connectivity index (χ3n) is 3.72. The highest BCUT2D eigenvalue weighted by atomic mass is 35.5. The van der Waals surface area contributed by atoms with Crippen molar-refractivity contribution in [1.29, 1.82) is 0 Å². The average molecular weight is 256 g/mol. The molecule has 1 aliphatic carbocycles. The zero-order valence-corrected chi connectivity index (χ0v) is 11.1. The summed E-state index contributed by atoms with van der Waals surface area (Å²) in [6.45, 7) is 2.08. The summed E-state index contributed by atoms with van der Waals surface area (Å²) in [5.74, 6) is 0.748. The average Bonchev–Trinajstić information content (AvgIpc) is 2.89. The Balaban J connectivity index is 1.69. The molecule has 0 unspecified atom stereocenters. The largest absolute Gasteiger partial charge is 0.337 e. The molecule has 0 amide bonds. The summed E-state index contributed by atoms with van der Waals surface area (Å²) in [5, 5.41) is 3.68. The molecule has 1 heterocycles. The first kappa shape index (κ1) is 12.9. The van der Waals surface area contributed by atoms with Crippen LogP contribution < -0.4 is 5.32 Å². The molecule has 0 radical (unpaired) electrons. The molecule has 0 saturated heterocycles. The number of aromatic nitrogens is 2. The van der Waals surface area contributed by atoms with Crippen LogP contribution in [-0.2, 0) is 6.54 Å². The van der Waals surface area contributed by atoms with Crippen molar-refractivity contribution in [3.63, 3.8) is 0 Å². The van der Waals surface area contributed by atoms with Crippen LogP contribution in [-0.4, -0.2) is 27.5 Å². The summed E-state index contributed by atoms with van der Waals surface area (Å²) in [5.41, 5.74) is 0.217. The van der Waals surface area contributed by atoms with Crippen molar-refractivity contribution >= 4 is 11.6 Å². The Morgan fingerprint density at radius 1 is 1.29 bits per heavy atom. The second-order valence-corrected chi connectivity index (χ2v) is 5.32. The lowest BCUT2D eigenvalue weighted by atomic mass is 9.83. The topological polar surface area (TPSA) is 29.9 Å². The van der Waals surface area contributed by atoms with Crippen LogP contribution in [0.4, 0.5) is 0 Å². The van der Waals surface area contributed by atoms with Gasteiger partial charge in [-0.3, -0.25) is 0 Å². The number of halogens is 1. The van der Waals surface area contributed by atoms with Crippen LogP contribution in [0.1, 0.15) is 38.5 Å². The molecule has 3 nitrogen and oxygen atoms in total. The maximum atomic E-state index is 6.14. The van der Waals surface area contributed by atoms with E-state index < -0.39 is 0 Å². The van der Waals surface area contributed by atoms with Gasteiger partial charge >= 0.3 is 0 Å². The fourth-order valence-corrected chi connectivity index (χ4v) is 2.98. The minimum absolute atomic E-state index is 0.217. The van der Waals surface area contributed by atoms with Gasteiger partial charge in [-0.05, 0) is 25.8 Å². The SMILES string of the molecule is ClCC1(NCCCn2ccnc2)CCCCC1. The van der Waals surface area contributed by atoms with Crippen molar-refractivity contribution < 1.29 is 0 Å². The highest BCUT2D eigenvalue weighted by molar-refractivity contribution is 6.18. The summed E-state index contributed by atoms with van der Waals surface area (Å²) in [6, 6.07) is 0. The summed E-state index contributed by atoms with van der Waals surface area (Å²) in [7, 11) is 0. The predicted molar refractivity (Wildman–Crippen MR) is 71.4 cm³/mol. The van der Waals surface area contributed by atoms with Crippen LogP contribution >= 0.6 is 11.6 Å². The number of alkyl halides is 1. The molecule has 1 fully saturated rings. The van der Waals surface area contributed by atoms with Crippen LogP contribution in [0.2, 0.25) is 0 Å². The summed E-state index contributed by atoms with van der Waals surface area (Å²) >= 11 is 6.14. The fraction of sp³-hybridized carbons (Fsp3) is 0.769. The Hall–Kier alpha value is -0.540. The minimum atomic E-state index is 0.217. The molecular weight excluding hydrogens is 234 g/mol. The molecule has 4 heteroatoms. The molecule has 96 valence electrons. The van der Waals surface area contributed by atoms with Gasteiger partial charge < -0.3 is 9.88 Å². The summed E-state index contributed by atoms with van der Waals surface area (Å²) in [6.07, 6.45) is 13.3. The zero-order chi connectivity index (χ0) is 12.0. The van der Waals surface area contributed by atoms with E-state index in [4.69, 9.17) is 11.6 Å². The maximum Gasteiger partial charge on any atom is 0.0945 e. The van der Waals surface area contributed by atoms with E-state index in [0.29, 0.717) is 0 Å². The van der Waals surface area contributed by atoms with Gasteiger partial charge in [0.15, 0.2) is 0 Å². The van der Waals surface area contributed by atoms with Crippen molar-refractivity contribution in [3.8, 4) is 0 Å².